The minimum absolute atomic E-state index is 0.0570. The molecular weight excluding hydrogens is 376 g/mol. The molecule has 2 aliphatic rings. The summed E-state index contributed by atoms with van der Waals surface area (Å²) in [4.78, 5) is 31.8. The maximum absolute atomic E-state index is 12.7. The number of ketones is 1. The largest absolute Gasteiger partial charge is 0.339 e. The van der Waals surface area contributed by atoms with E-state index in [-0.39, 0.29) is 23.7 Å². The van der Waals surface area contributed by atoms with Gasteiger partial charge in [0.1, 0.15) is 6.04 Å². The van der Waals surface area contributed by atoms with Crippen molar-refractivity contribution in [1.29, 1.82) is 5.26 Å². The third-order valence-corrected chi connectivity index (χ3v) is 6.48. The van der Waals surface area contributed by atoms with Crippen LogP contribution in [-0.4, -0.2) is 78.2 Å². The summed E-state index contributed by atoms with van der Waals surface area (Å²) in [7, 11) is 0. The van der Waals surface area contributed by atoms with Gasteiger partial charge in [-0.1, -0.05) is 43.7 Å². The van der Waals surface area contributed by atoms with Gasteiger partial charge < -0.3 is 4.90 Å². The van der Waals surface area contributed by atoms with Crippen LogP contribution in [-0.2, 0) is 4.79 Å². The molecule has 1 amide bonds. The number of nitrogens with zero attached hydrogens (tertiary/aromatic N) is 4. The first-order valence-electron chi connectivity index (χ1n) is 11.1. The minimum atomic E-state index is -0.0765. The van der Waals surface area contributed by atoms with Crippen molar-refractivity contribution >= 4 is 11.7 Å². The molecule has 0 radical (unpaired) electrons. The van der Waals surface area contributed by atoms with E-state index in [2.05, 4.69) is 29.7 Å². The van der Waals surface area contributed by atoms with Crippen LogP contribution < -0.4 is 0 Å². The number of nitriles is 1. The van der Waals surface area contributed by atoms with Crippen molar-refractivity contribution in [2.24, 2.45) is 11.8 Å². The smallest absolute Gasteiger partial charge is 0.236 e. The molecule has 0 bridgehead atoms. The van der Waals surface area contributed by atoms with Gasteiger partial charge in [-0.3, -0.25) is 19.4 Å². The van der Waals surface area contributed by atoms with Crippen LogP contribution in [0.2, 0.25) is 0 Å². The van der Waals surface area contributed by atoms with E-state index in [9.17, 15) is 14.9 Å². The summed E-state index contributed by atoms with van der Waals surface area (Å²) in [5.41, 5.74) is 1.96. The Labute approximate surface area is 180 Å². The van der Waals surface area contributed by atoms with E-state index in [0.717, 1.165) is 50.1 Å². The Morgan fingerprint density at radius 1 is 1.03 bits per heavy atom. The number of aryl methyl sites for hydroxylation is 1. The number of carbonyl (C=O) groups excluding carboxylic acids is 2. The van der Waals surface area contributed by atoms with Crippen molar-refractivity contribution in [3.05, 3.63) is 35.4 Å². The molecule has 1 aromatic rings. The lowest BCUT2D eigenvalue weighted by molar-refractivity contribution is -0.134. The first-order valence-corrected chi connectivity index (χ1v) is 11.1. The van der Waals surface area contributed by atoms with Crippen molar-refractivity contribution < 1.29 is 9.59 Å². The highest BCUT2D eigenvalue weighted by Gasteiger charge is 2.30. The lowest BCUT2D eigenvalue weighted by Gasteiger charge is -2.39. The Kier molecular flexibility index (Phi) is 7.63. The normalized spacial score (nSPS) is 20.2. The van der Waals surface area contributed by atoms with Crippen LogP contribution in [0.5, 0.6) is 0 Å². The van der Waals surface area contributed by atoms with Crippen molar-refractivity contribution in [2.45, 2.75) is 39.7 Å². The average Bonchev–Trinajstić information content (AvgIpc) is 2.75. The molecule has 0 aromatic heterocycles. The van der Waals surface area contributed by atoms with Gasteiger partial charge in [0.2, 0.25) is 5.91 Å². The third kappa shape index (κ3) is 5.47. The van der Waals surface area contributed by atoms with E-state index in [1.807, 2.05) is 36.1 Å². The van der Waals surface area contributed by atoms with Crippen LogP contribution in [0, 0.1) is 30.1 Å². The van der Waals surface area contributed by atoms with Gasteiger partial charge in [-0.05, 0) is 38.8 Å². The molecule has 0 saturated carbocycles. The molecule has 0 N–H and O–H groups in total. The topological polar surface area (TPSA) is 67.7 Å². The summed E-state index contributed by atoms with van der Waals surface area (Å²) < 4.78 is 0. The van der Waals surface area contributed by atoms with Crippen molar-refractivity contribution in [3.63, 3.8) is 0 Å². The molecule has 2 heterocycles. The predicted molar refractivity (Wildman–Crippen MR) is 117 cm³/mol. The molecule has 6 heteroatoms. The van der Waals surface area contributed by atoms with Gasteiger partial charge in [-0.2, -0.15) is 5.26 Å². The third-order valence-electron chi connectivity index (χ3n) is 6.48. The monoisotopic (exact) mass is 410 g/mol. The molecule has 0 spiro atoms. The number of rotatable bonds is 6. The number of likely N-dealkylation sites (tertiary alicyclic amines) is 1. The molecule has 2 aliphatic heterocycles. The van der Waals surface area contributed by atoms with E-state index in [1.165, 1.54) is 0 Å². The number of piperidine rings is 1. The Bertz CT molecular complexity index is 767. The number of piperazine rings is 1. The number of amides is 1. The molecule has 6 nitrogen and oxygen atoms in total. The summed E-state index contributed by atoms with van der Waals surface area (Å²) >= 11 is 0. The summed E-state index contributed by atoms with van der Waals surface area (Å²) in [6, 6.07) is 10.1. The van der Waals surface area contributed by atoms with Gasteiger partial charge in [0.05, 0.1) is 12.6 Å². The first kappa shape index (κ1) is 22.5. The van der Waals surface area contributed by atoms with Gasteiger partial charge >= 0.3 is 0 Å². The van der Waals surface area contributed by atoms with Crippen molar-refractivity contribution in [3.8, 4) is 6.07 Å². The van der Waals surface area contributed by atoms with Gasteiger partial charge in [-0.25, -0.2) is 0 Å². The zero-order valence-electron chi connectivity index (χ0n) is 18.5. The molecule has 1 atom stereocenters. The Morgan fingerprint density at radius 2 is 1.63 bits per heavy atom. The Balaban J connectivity index is 1.43. The second kappa shape index (κ2) is 10.2. The van der Waals surface area contributed by atoms with Crippen LogP contribution in [0.1, 0.15) is 42.6 Å². The number of hydrogen-bond donors (Lipinski definition) is 0. The van der Waals surface area contributed by atoms with Crippen LogP contribution in [0.3, 0.4) is 0 Å². The fraction of sp³-hybridized carbons (Fsp3) is 0.625. The Hall–Kier alpha value is -2.23. The van der Waals surface area contributed by atoms with Crippen molar-refractivity contribution in [1.82, 2.24) is 14.7 Å². The SMILES string of the molecule is Cc1ccc(C(=O)C2CCN(CC(=O)N3CCN([C@@H](C#N)C(C)C)CC3)CC2)cc1. The quantitative estimate of drug-likeness (QED) is 0.675. The molecule has 0 aliphatic carbocycles. The highest BCUT2D eigenvalue weighted by molar-refractivity contribution is 5.97. The van der Waals surface area contributed by atoms with Crippen molar-refractivity contribution in [2.75, 3.05) is 45.8 Å². The summed E-state index contributed by atoms with van der Waals surface area (Å²) in [5, 5.41) is 9.38. The molecular formula is C24H34N4O2. The number of carbonyl (C=O) groups is 2. The standard InChI is InChI=1S/C24H34N4O2/c1-18(2)22(16-25)27-12-14-28(15-13-27)23(29)17-26-10-8-21(9-11-26)24(30)20-6-4-19(3)5-7-20/h4-7,18,21-22H,8-15,17H2,1-3H3/t22-/m0/s1. The summed E-state index contributed by atoms with van der Waals surface area (Å²) in [6.45, 7) is 11.1. The molecule has 3 rings (SSSR count). The van der Waals surface area contributed by atoms with Gasteiger partial charge in [-0.15, -0.1) is 0 Å². The van der Waals surface area contributed by atoms with E-state index >= 15 is 0 Å². The maximum atomic E-state index is 12.7. The van der Waals surface area contributed by atoms with Crippen LogP contribution >= 0.6 is 0 Å². The zero-order chi connectivity index (χ0) is 21.7. The molecule has 1 aromatic carbocycles. The first-order chi connectivity index (χ1) is 14.4. The second-order valence-corrected chi connectivity index (χ2v) is 9.02. The van der Waals surface area contributed by atoms with Crippen LogP contribution in [0.4, 0.5) is 0 Å². The molecule has 2 fully saturated rings. The molecule has 0 unspecified atom stereocenters. The molecule has 30 heavy (non-hydrogen) atoms. The van der Waals surface area contributed by atoms with E-state index in [0.29, 0.717) is 25.6 Å². The van der Waals surface area contributed by atoms with E-state index in [1.54, 1.807) is 0 Å². The number of Topliss-reactive ketones (excluding diaryl/α,β-unsaturated/α-hetero) is 1. The molecule has 162 valence electrons. The van der Waals surface area contributed by atoms with Crippen LogP contribution in [0.25, 0.3) is 0 Å². The maximum Gasteiger partial charge on any atom is 0.236 e. The van der Waals surface area contributed by atoms with Gasteiger partial charge in [0, 0.05) is 37.7 Å². The number of hydrogen-bond acceptors (Lipinski definition) is 5. The predicted octanol–water partition coefficient (Wildman–Crippen LogP) is 2.58. The zero-order valence-corrected chi connectivity index (χ0v) is 18.5. The highest BCUT2D eigenvalue weighted by atomic mass is 16.2. The Morgan fingerprint density at radius 3 is 2.17 bits per heavy atom. The fourth-order valence-electron chi connectivity index (χ4n) is 4.50. The molecule has 2 saturated heterocycles. The van der Waals surface area contributed by atoms with E-state index < -0.39 is 0 Å². The van der Waals surface area contributed by atoms with Gasteiger partial charge in [0.25, 0.3) is 0 Å². The summed E-state index contributed by atoms with van der Waals surface area (Å²) in [6.07, 6.45) is 1.62. The number of benzene rings is 1. The van der Waals surface area contributed by atoms with Crippen LogP contribution in [0.15, 0.2) is 24.3 Å². The fourth-order valence-corrected chi connectivity index (χ4v) is 4.50. The van der Waals surface area contributed by atoms with Gasteiger partial charge in [0.15, 0.2) is 5.78 Å². The minimum Gasteiger partial charge on any atom is -0.339 e. The lowest BCUT2D eigenvalue weighted by Crippen LogP contribution is -2.54. The van der Waals surface area contributed by atoms with E-state index in [4.69, 9.17) is 0 Å². The lowest BCUT2D eigenvalue weighted by atomic mass is 9.88. The highest BCUT2D eigenvalue weighted by Crippen LogP contribution is 2.22. The second-order valence-electron chi connectivity index (χ2n) is 9.02. The summed E-state index contributed by atoms with van der Waals surface area (Å²) in [5.74, 6) is 0.744. The average molecular weight is 411 g/mol.